The summed E-state index contributed by atoms with van der Waals surface area (Å²) in [6.07, 6.45) is -0.739. The van der Waals surface area contributed by atoms with Gasteiger partial charge in [0.1, 0.15) is 17.9 Å². The van der Waals surface area contributed by atoms with Gasteiger partial charge in [-0.25, -0.2) is 17.6 Å². The second kappa shape index (κ2) is 42.4. The molecule has 0 spiro atoms. The third kappa shape index (κ3) is 32.7. The molecule has 25 nitrogen and oxygen atoms in total. The van der Waals surface area contributed by atoms with Gasteiger partial charge in [-0.3, -0.25) is 58.0 Å². The minimum absolute atomic E-state index is 0.0346. The number of ether oxygens (including phenoxy) is 6. The van der Waals surface area contributed by atoms with Crippen LogP contribution >= 0.6 is 0 Å². The molecule has 0 aliphatic carbocycles. The predicted molar refractivity (Wildman–Crippen MR) is 276 cm³/mol. The van der Waals surface area contributed by atoms with Gasteiger partial charge >= 0.3 is 23.9 Å². The van der Waals surface area contributed by atoms with Gasteiger partial charge in [-0.05, 0) is 38.5 Å². The number of carboxylic acids is 4. The van der Waals surface area contributed by atoms with Crippen LogP contribution in [0.5, 0.6) is 0 Å². The molecule has 0 aromatic heterocycles. The number of halogens is 4. The summed E-state index contributed by atoms with van der Waals surface area (Å²) in [5.41, 5.74) is -1.03. The maximum Gasteiger partial charge on any atom is 0.320 e. The Morgan fingerprint density at radius 1 is 0.525 bits per heavy atom. The fourth-order valence-corrected chi connectivity index (χ4v) is 8.13. The number of hydrogen-bond donors (Lipinski definition) is 7. The van der Waals surface area contributed by atoms with Gasteiger partial charge in [0.25, 0.3) is 0 Å². The van der Waals surface area contributed by atoms with Gasteiger partial charge in [-0.1, -0.05) is 0 Å². The minimum Gasteiger partial charge on any atom is -0.480 e. The van der Waals surface area contributed by atoms with E-state index in [1.807, 2.05) is 0 Å². The van der Waals surface area contributed by atoms with Crippen molar-refractivity contribution >= 4 is 47.4 Å². The first kappa shape index (κ1) is 70.6. The SMILES string of the molecule is COCCOCCOCCOCCOCCOCCNC(=O)[C@@H](CCCCNC(=O)CCC(C(=O)O)N1CCN(CC(=O)O)CCN(CC(=O)O)CCN(CC(=O)O)CC1)NC(=O)CCCCC(=O)Cc1c(F)c(F)cc(F)c1F. The number of aliphatic carboxylic acids is 4. The van der Waals surface area contributed by atoms with E-state index in [4.69, 9.17) is 28.4 Å². The normalized spacial score (nSPS) is 15.1. The Kier molecular flexibility index (Phi) is 37.4. The average molecular weight is 1160 g/mol. The van der Waals surface area contributed by atoms with E-state index in [9.17, 15) is 76.3 Å². The van der Waals surface area contributed by atoms with Gasteiger partial charge in [0.15, 0.2) is 23.3 Å². The summed E-state index contributed by atoms with van der Waals surface area (Å²) < 4.78 is 87.5. The monoisotopic (exact) mass is 1160 g/mol. The lowest BCUT2D eigenvalue weighted by molar-refractivity contribution is -0.145. The van der Waals surface area contributed by atoms with Crippen LogP contribution in [-0.2, 0) is 73.2 Å². The van der Waals surface area contributed by atoms with Crippen LogP contribution in [0.25, 0.3) is 0 Å². The number of rotatable bonds is 43. The first-order chi connectivity index (χ1) is 38.3. The molecule has 1 aliphatic rings. The molecule has 1 aliphatic heterocycles. The lowest BCUT2D eigenvalue weighted by atomic mass is 10.0. The Bertz CT molecular complexity index is 1990. The van der Waals surface area contributed by atoms with Gasteiger partial charge in [0.2, 0.25) is 17.7 Å². The van der Waals surface area contributed by atoms with Crippen LogP contribution < -0.4 is 16.0 Å². The van der Waals surface area contributed by atoms with Crippen LogP contribution in [0.2, 0.25) is 0 Å². The largest absolute Gasteiger partial charge is 0.480 e. The zero-order valence-corrected chi connectivity index (χ0v) is 45.6. The molecule has 0 bridgehead atoms. The number of nitrogens with one attached hydrogen (secondary N) is 3. The number of carboxylic acid groups (broad SMARTS) is 4. The summed E-state index contributed by atoms with van der Waals surface area (Å²) in [5.74, 6) is -13.6. The van der Waals surface area contributed by atoms with E-state index in [1.54, 1.807) is 26.7 Å². The number of benzene rings is 1. The Hall–Kier alpha value is -5.50. The fourth-order valence-electron chi connectivity index (χ4n) is 8.13. The van der Waals surface area contributed by atoms with Gasteiger partial charge in [0.05, 0.1) is 92.3 Å². The molecule has 2 rings (SSSR count). The highest BCUT2D eigenvalue weighted by Gasteiger charge is 2.29. The van der Waals surface area contributed by atoms with Crippen LogP contribution in [-0.4, -0.2) is 264 Å². The van der Waals surface area contributed by atoms with E-state index in [2.05, 4.69) is 16.0 Å². The zero-order chi connectivity index (χ0) is 59.1. The van der Waals surface area contributed by atoms with Crippen molar-refractivity contribution in [1.29, 1.82) is 0 Å². The van der Waals surface area contributed by atoms with E-state index < -0.39 is 108 Å². The van der Waals surface area contributed by atoms with Crippen molar-refractivity contribution in [3.05, 3.63) is 34.9 Å². The zero-order valence-electron chi connectivity index (χ0n) is 45.6. The maximum absolute atomic E-state index is 14.1. The average Bonchev–Trinajstić information content (AvgIpc) is 3.39. The molecule has 80 heavy (non-hydrogen) atoms. The van der Waals surface area contributed by atoms with Crippen LogP contribution in [0.15, 0.2) is 6.07 Å². The third-order valence-corrected chi connectivity index (χ3v) is 12.4. The van der Waals surface area contributed by atoms with Crippen LogP contribution in [0, 0.1) is 23.3 Å². The molecule has 2 atom stereocenters. The van der Waals surface area contributed by atoms with Crippen molar-refractivity contribution in [2.45, 2.75) is 76.3 Å². The molecule has 1 heterocycles. The lowest BCUT2D eigenvalue weighted by Crippen LogP contribution is -2.52. The Morgan fingerprint density at radius 2 is 0.975 bits per heavy atom. The van der Waals surface area contributed by atoms with Crippen LogP contribution in [0.3, 0.4) is 0 Å². The highest BCUT2D eigenvalue weighted by Crippen LogP contribution is 2.21. The molecule has 1 fully saturated rings. The Morgan fingerprint density at radius 3 is 1.44 bits per heavy atom. The molecule has 1 unspecified atom stereocenters. The van der Waals surface area contributed by atoms with Gasteiger partial charge < -0.3 is 64.8 Å². The van der Waals surface area contributed by atoms with Gasteiger partial charge in [-0.15, -0.1) is 0 Å². The topological polar surface area (TPSA) is 322 Å². The number of methoxy groups -OCH3 is 1. The van der Waals surface area contributed by atoms with E-state index >= 15 is 0 Å². The molecule has 0 radical (unpaired) electrons. The van der Waals surface area contributed by atoms with Crippen LogP contribution in [0.1, 0.15) is 63.4 Å². The van der Waals surface area contributed by atoms with Crippen molar-refractivity contribution < 1.29 is 105 Å². The second-order valence-electron chi connectivity index (χ2n) is 18.6. The van der Waals surface area contributed by atoms with E-state index in [-0.39, 0.29) is 143 Å². The van der Waals surface area contributed by atoms with Crippen molar-refractivity contribution in [2.75, 3.05) is 165 Å². The molecule has 1 saturated heterocycles. The second-order valence-corrected chi connectivity index (χ2v) is 18.6. The molecule has 1 aromatic rings. The maximum atomic E-state index is 14.1. The fraction of sp³-hybridized carbons (Fsp3) is 0.725. The molecular weight excluding hydrogens is 1070 g/mol. The smallest absolute Gasteiger partial charge is 0.320 e. The third-order valence-electron chi connectivity index (χ3n) is 12.4. The molecule has 0 saturated carbocycles. The summed E-state index contributed by atoms with van der Waals surface area (Å²) in [7, 11) is 1.59. The van der Waals surface area contributed by atoms with Gasteiger partial charge in [-0.2, -0.15) is 0 Å². The highest BCUT2D eigenvalue weighted by atomic mass is 19.2. The predicted octanol–water partition coefficient (Wildman–Crippen LogP) is 0.241. The number of unbranched alkanes of at least 4 members (excludes halogenated alkanes) is 2. The number of Topliss-reactive ketones (excluding diaryl/α,β-unsaturated/α-hetero) is 1. The molecular formula is C51H81F4N7O18. The molecule has 29 heteroatoms. The first-order valence-electron chi connectivity index (χ1n) is 26.6. The number of amides is 3. The van der Waals surface area contributed by atoms with E-state index in [1.165, 1.54) is 0 Å². The summed E-state index contributed by atoms with van der Waals surface area (Å²) >= 11 is 0. The number of carbonyl (C=O) groups excluding carboxylic acids is 4. The number of carbonyl (C=O) groups is 8. The first-order valence-corrected chi connectivity index (χ1v) is 26.6. The van der Waals surface area contributed by atoms with Crippen molar-refractivity contribution in [3.63, 3.8) is 0 Å². The summed E-state index contributed by atoms with van der Waals surface area (Å²) in [6, 6.07) is -2.23. The molecule has 1 aromatic carbocycles. The van der Waals surface area contributed by atoms with E-state index in [0.29, 0.717) is 65.7 Å². The standard InChI is InChI=1S/C51H81F4N7O18/c1-75-22-23-77-26-27-79-30-31-80-29-28-78-25-24-76-21-12-57-50(72)41(58-44(65)8-3-2-6-37(63)32-38-48(54)39(52)33-40(53)49(38)55)7-4-5-11-56-43(64)10-9-42(51(73)74)62-19-17-60(35-46(68)69)15-13-59(34-45(66)67)14-16-61(18-20-62)36-47(70)71/h33,41-42H,2-32,34-36H2,1H3,(H,56,64)(H,57,72)(H,58,65)(H,66,67)(H,68,69)(H,70,71)(H,73,74)/t41-,42?/m1/s1. The lowest BCUT2D eigenvalue weighted by Gasteiger charge is -2.35. The van der Waals surface area contributed by atoms with Crippen LogP contribution in [0.4, 0.5) is 17.6 Å². The van der Waals surface area contributed by atoms with Crippen molar-refractivity contribution in [1.82, 2.24) is 35.6 Å². The Labute approximate surface area is 462 Å². The van der Waals surface area contributed by atoms with E-state index in [0.717, 1.165) is 0 Å². The quantitative estimate of drug-likeness (QED) is 0.0262. The number of hydrogen-bond acceptors (Lipinski definition) is 18. The Balaban J connectivity index is 1.93. The summed E-state index contributed by atoms with van der Waals surface area (Å²) in [5, 5.41) is 46.9. The van der Waals surface area contributed by atoms with Crippen molar-refractivity contribution in [3.8, 4) is 0 Å². The number of nitrogens with zero attached hydrogens (tertiary/aromatic N) is 4. The van der Waals surface area contributed by atoms with Gasteiger partial charge in [0, 0.05) is 110 Å². The molecule has 456 valence electrons. The number of ketones is 1. The molecule has 3 amide bonds. The minimum atomic E-state index is -1.67. The summed E-state index contributed by atoms with van der Waals surface area (Å²) in [6.45, 7) is 3.72. The summed E-state index contributed by atoms with van der Waals surface area (Å²) in [4.78, 5) is 106. The highest BCUT2D eigenvalue weighted by molar-refractivity contribution is 5.87. The van der Waals surface area contributed by atoms with Crippen molar-refractivity contribution in [2.24, 2.45) is 0 Å². The molecule has 7 N–H and O–H groups in total.